The lowest BCUT2D eigenvalue weighted by molar-refractivity contribution is -0.137. The Morgan fingerprint density at radius 2 is 2.09 bits per heavy atom. The lowest BCUT2D eigenvalue weighted by atomic mass is 10.2. The molecule has 1 aromatic heterocycles. The van der Waals surface area contributed by atoms with Gasteiger partial charge in [-0.2, -0.15) is 8.42 Å². The van der Waals surface area contributed by atoms with E-state index in [0.717, 1.165) is 12.3 Å². The maximum Gasteiger partial charge on any atom is 0.305 e. The molecule has 0 aliphatic heterocycles. The zero-order valence-electron chi connectivity index (χ0n) is 11.5. The molecule has 22 heavy (non-hydrogen) atoms. The van der Waals surface area contributed by atoms with Gasteiger partial charge in [-0.1, -0.05) is 11.6 Å². The molecule has 1 N–H and O–H groups in total. The van der Waals surface area contributed by atoms with Crippen molar-refractivity contribution in [3.63, 3.8) is 0 Å². The van der Waals surface area contributed by atoms with E-state index in [-0.39, 0.29) is 30.1 Å². The van der Waals surface area contributed by atoms with Crippen molar-refractivity contribution in [1.82, 2.24) is 4.57 Å². The van der Waals surface area contributed by atoms with Gasteiger partial charge >= 0.3 is 5.97 Å². The van der Waals surface area contributed by atoms with Crippen molar-refractivity contribution in [3.05, 3.63) is 34.7 Å². The molecule has 0 spiro atoms. The van der Waals surface area contributed by atoms with Crippen LogP contribution in [-0.4, -0.2) is 30.3 Å². The number of fused-ring (bicyclic) bond motifs is 1. The highest BCUT2D eigenvalue weighted by atomic mass is 35.5. The van der Waals surface area contributed by atoms with E-state index < -0.39 is 21.9 Å². The van der Waals surface area contributed by atoms with E-state index in [1.165, 1.54) is 16.7 Å². The maximum absolute atomic E-state index is 14.1. The number of carboxylic acid groups (broad SMARTS) is 1. The van der Waals surface area contributed by atoms with Crippen molar-refractivity contribution in [2.24, 2.45) is 0 Å². The van der Waals surface area contributed by atoms with Gasteiger partial charge in [0, 0.05) is 22.6 Å². The number of carbonyl (C=O) groups is 1. The van der Waals surface area contributed by atoms with Crippen molar-refractivity contribution in [2.45, 2.75) is 19.6 Å². The summed E-state index contributed by atoms with van der Waals surface area (Å²) in [5, 5.41) is 9.43. The van der Waals surface area contributed by atoms with Gasteiger partial charge in [0.25, 0.3) is 10.1 Å². The summed E-state index contributed by atoms with van der Waals surface area (Å²) < 4.78 is 42.4. The molecule has 1 heterocycles. The molecule has 2 rings (SSSR count). The third-order valence-electron chi connectivity index (χ3n) is 2.97. The van der Waals surface area contributed by atoms with Gasteiger partial charge in [0.05, 0.1) is 18.2 Å². The van der Waals surface area contributed by atoms with Crippen molar-refractivity contribution < 1.29 is 26.9 Å². The number of hydrogen-bond acceptors (Lipinski definition) is 4. The van der Waals surface area contributed by atoms with E-state index in [1.54, 1.807) is 0 Å². The van der Waals surface area contributed by atoms with Crippen LogP contribution >= 0.6 is 11.6 Å². The Kier molecular flexibility index (Phi) is 4.74. The van der Waals surface area contributed by atoms with Crippen molar-refractivity contribution in [3.8, 4) is 0 Å². The first-order valence-corrected chi connectivity index (χ1v) is 8.40. The smallest absolute Gasteiger partial charge is 0.305 e. The van der Waals surface area contributed by atoms with Crippen LogP contribution in [0.2, 0.25) is 5.02 Å². The molecule has 1 aromatic carbocycles. The molecule has 0 bridgehead atoms. The number of aryl methyl sites for hydroxylation is 1. The number of nitrogens with zero attached hydrogens (tertiary/aromatic N) is 1. The maximum atomic E-state index is 14.1. The third kappa shape index (κ3) is 3.96. The molecular formula is C13H13ClFNO5S. The van der Waals surface area contributed by atoms with Crippen LogP contribution in [0.5, 0.6) is 0 Å². The number of aliphatic carboxylic acids is 1. The lowest BCUT2D eigenvalue weighted by Crippen LogP contribution is -2.11. The molecule has 0 saturated heterocycles. The number of halogens is 2. The molecule has 0 radical (unpaired) electrons. The van der Waals surface area contributed by atoms with Crippen LogP contribution < -0.4 is 0 Å². The highest BCUT2D eigenvalue weighted by molar-refractivity contribution is 7.85. The van der Waals surface area contributed by atoms with Crippen LogP contribution in [0.4, 0.5) is 4.39 Å². The second-order valence-electron chi connectivity index (χ2n) is 4.72. The Morgan fingerprint density at radius 1 is 1.41 bits per heavy atom. The third-order valence-corrected chi connectivity index (χ3v) is 3.73. The van der Waals surface area contributed by atoms with Gasteiger partial charge in [0.2, 0.25) is 0 Å². The van der Waals surface area contributed by atoms with Crippen molar-refractivity contribution in [1.29, 1.82) is 0 Å². The molecule has 120 valence electrons. The van der Waals surface area contributed by atoms with Gasteiger partial charge in [-0.25, -0.2) is 4.39 Å². The normalized spacial score (nSPS) is 12.0. The van der Waals surface area contributed by atoms with E-state index >= 15 is 0 Å². The molecule has 0 aliphatic carbocycles. The first-order chi connectivity index (χ1) is 10.2. The highest BCUT2D eigenvalue weighted by Crippen LogP contribution is 2.27. The molecule has 2 aromatic rings. The molecule has 9 heteroatoms. The first-order valence-electron chi connectivity index (χ1n) is 6.21. The van der Waals surface area contributed by atoms with E-state index in [1.807, 2.05) is 0 Å². The van der Waals surface area contributed by atoms with Crippen LogP contribution in [-0.2, 0) is 32.2 Å². The van der Waals surface area contributed by atoms with Crippen molar-refractivity contribution in [2.75, 3.05) is 6.26 Å². The van der Waals surface area contributed by atoms with Gasteiger partial charge in [-0.05, 0) is 18.2 Å². The van der Waals surface area contributed by atoms with Crippen LogP contribution in [0.15, 0.2) is 18.2 Å². The molecule has 6 nitrogen and oxygen atoms in total. The fourth-order valence-electron chi connectivity index (χ4n) is 2.13. The summed E-state index contributed by atoms with van der Waals surface area (Å²) in [6.45, 7) is -0.329. The highest BCUT2D eigenvalue weighted by Gasteiger charge is 2.16. The van der Waals surface area contributed by atoms with Crippen LogP contribution in [0, 0.1) is 5.82 Å². The van der Waals surface area contributed by atoms with Gasteiger partial charge in [0.15, 0.2) is 0 Å². The van der Waals surface area contributed by atoms with E-state index in [0.29, 0.717) is 11.1 Å². The Bertz CT molecular complexity index is 831. The van der Waals surface area contributed by atoms with E-state index in [4.69, 9.17) is 20.9 Å². The zero-order chi connectivity index (χ0) is 16.5. The zero-order valence-corrected chi connectivity index (χ0v) is 13.1. The fraction of sp³-hybridized carbons (Fsp3) is 0.308. The summed E-state index contributed by atoms with van der Waals surface area (Å²) in [6.07, 6.45) is 0.659. The van der Waals surface area contributed by atoms with Gasteiger partial charge in [-0.15, -0.1) is 0 Å². The largest absolute Gasteiger partial charge is 0.481 e. The minimum atomic E-state index is -3.68. The van der Waals surface area contributed by atoms with Crippen LogP contribution in [0.1, 0.15) is 12.1 Å². The molecule has 0 aliphatic rings. The topological polar surface area (TPSA) is 85.6 Å². The van der Waals surface area contributed by atoms with E-state index in [9.17, 15) is 17.6 Å². The number of aromatic nitrogens is 1. The Hall–Kier alpha value is -1.64. The molecule has 0 unspecified atom stereocenters. The number of hydrogen-bond donors (Lipinski definition) is 1. The van der Waals surface area contributed by atoms with E-state index in [2.05, 4.69) is 0 Å². The Labute approximate surface area is 131 Å². The van der Waals surface area contributed by atoms with Gasteiger partial charge in [0.1, 0.15) is 12.4 Å². The molecular weight excluding hydrogens is 337 g/mol. The standard InChI is InChI=1S/C13H13ClFNO5S/c1-22(19,20)21-7-10-5-8-4-9(14)6-11(15)13(8)16(10)3-2-12(17)18/h4-6H,2-3,7H2,1H3,(H,17,18). The van der Waals surface area contributed by atoms with Gasteiger partial charge < -0.3 is 9.67 Å². The molecule has 0 fully saturated rings. The van der Waals surface area contributed by atoms with Gasteiger partial charge in [-0.3, -0.25) is 8.98 Å². The quantitative estimate of drug-likeness (QED) is 0.809. The molecule has 0 saturated carbocycles. The lowest BCUT2D eigenvalue weighted by Gasteiger charge is -2.10. The monoisotopic (exact) mass is 349 g/mol. The SMILES string of the molecule is CS(=O)(=O)OCc1cc2cc(Cl)cc(F)c2n1CCC(=O)O. The fourth-order valence-corrected chi connectivity index (χ4v) is 2.68. The van der Waals surface area contributed by atoms with Crippen molar-refractivity contribution >= 4 is 38.6 Å². The Morgan fingerprint density at radius 3 is 2.68 bits per heavy atom. The second-order valence-corrected chi connectivity index (χ2v) is 6.80. The Balaban J connectivity index is 2.50. The minimum Gasteiger partial charge on any atom is -0.481 e. The number of rotatable bonds is 6. The minimum absolute atomic E-state index is 0.0140. The first kappa shape index (κ1) is 16.7. The average molecular weight is 350 g/mol. The predicted molar refractivity (Wildman–Crippen MR) is 78.8 cm³/mol. The summed E-state index contributed by atoms with van der Waals surface area (Å²) in [4.78, 5) is 10.7. The number of benzene rings is 1. The summed E-state index contributed by atoms with van der Waals surface area (Å²) >= 11 is 5.79. The summed E-state index contributed by atoms with van der Waals surface area (Å²) in [6, 6.07) is 4.15. The van der Waals surface area contributed by atoms with Crippen LogP contribution in [0.25, 0.3) is 10.9 Å². The summed E-state index contributed by atoms with van der Waals surface area (Å²) in [7, 11) is -3.68. The predicted octanol–water partition coefficient (Wildman–Crippen LogP) is 2.38. The molecule has 0 amide bonds. The average Bonchev–Trinajstić information content (AvgIpc) is 2.70. The van der Waals surface area contributed by atoms with Crippen LogP contribution in [0.3, 0.4) is 0 Å². The summed E-state index contributed by atoms with van der Waals surface area (Å²) in [5.74, 6) is -1.66. The summed E-state index contributed by atoms with van der Waals surface area (Å²) in [5.41, 5.74) is 0.514. The number of carboxylic acids is 1. The molecule has 0 atom stereocenters. The second kappa shape index (κ2) is 6.23.